The fourth-order valence-electron chi connectivity index (χ4n) is 3.55. The molecular weight excluding hydrogens is 390 g/mol. The summed E-state index contributed by atoms with van der Waals surface area (Å²) >= 11 is 6.45. The number of hydrogen-bond donors (Lipinski definition) is 3. The van der Waals surface area contributed by atoms with Gasteiger partial charge in [0.15, 0.2) is 0 Å². The molecule has 0 atom stereocenters. The number of carbonyl (C=O) groups excluding carboxylic acids is 1. The standard InChI is InChI=1S/C20H25ClF2N2O3/c1-18(2,28-3)14-10-13(15(21)12-4-9-24-16(12)14)17(26)25-11-19(27)5-7-20(22,23)8-6-19/h4,9-10,24,27H,5-8,11H2,1-3H3,(H,25,26). The lowest BCUT2D eigenvalue weighted by molar-refractivity contribution is -0.101. The van der Waals surface area contributed by atoms with E-state index >= 15 is 0 Å². The molecule has 1 aromatic carbocycles. The minimum atomic E-state index is -2.75. The number of aromatic nitrogens is 1. The first-order valence-corrected chi connectivity index (χ1v) is 9.59. The van der Waals surface area contributed by atoms with Gasteiger partial charge in [0.2, 0.25) is 5.92 Å². The Hall–Kier alpha value is -1.70. The van der Waals surface area contributed by atoms with Crippen molar-refractivity contribution in [2.45, 2.75) is 56.7 Å². The second kappa shape index (κ2) is 7.28. The second-order valence-electron chi connectivity index (χ2n) is 8.03. The van der Waals surface area contributed by atoms with Crippen LogP contribution < -0.4 is 5.32 Å². The molecule has 1 saturated carbocycles. The van der Waals surface area contributed by atoms with Crippen molar-refractivity contribution in [1.29, 1.82) is 0 Å². The maximum atomic E-state index is 13.3. The maximum Gasteiger partial charge on any atom is 0.252 e. The van der Waals surface area contributed by atoms with Crippen LogP contribution in [0.15, 0.2) is 18.3 Å². The van der Waals surface area contributed by atoms with Crippen LogP contribution in [0.1, 0.15) is 55.5 Å². The van der Waals surface area contributed by atoms with E-state index in [9.17, 15) is 18.7 Å². The van der Waals surface area contributed by atoms with E-state index in [0.29, 0.717) is 5.39 Å². The summed E-state index contributed by atoms with van der Waals surface area (Å²) in [6.45, 7) is 3.65. The summed E-state index contributed by atoms with van der Waals surface area (Å²) in [5, 5.41) is 14.2. The summed E-state index contributed by atoms with van der Waals surface area (Å²) in [6, 6.07) is 3.44. The molecular formula is C20H25ClF2N2O3. The number of H-pyrrole nitrogens is 1. The average Bonchev–Trinajstić information content (AvgIpc) is 3.13. The van der Waals surface area contributed by atoms with Gasteiger partial charge < -0.3 is 20.1 Å². The summed E-state index contributed by atoms with van der Waals surface area (Å²) < 4.78 is 32.2. The number of rotatable bonds is 5. The van der Waals surface area contributed by atoms with Crippen LogP contribution in [0.4, 0.5) is 8.78 Å². The van der Waals surface area contributed by atoms with E-state index in [1.54, 1.807) is 25.4 Å². The molecule has 154 valence electrons. The van der Waals surface area contributed by atoms with Gasteiger partial charge in [0.25, 0.3) is 5.91 Å². The number of ether oxygens (including phenoxy) is 1. The molecule has 1 aliphatic carbocycles. The number of aromatic amines is 1. The van der Waals surface area contributed by atoms with Crippen molar-refractivity contribution in [3.8, 4) is 0 Å². The Morgan fingerprint density at radius 1 is 1.36 bits per heavy atom. The Labute approximate surface area is 167 Å². The Bertz CT molecular complexity index is 885. The lowest BCUT2D eigenvalue weighted by Gasteiger charge is -2.36. The van der Waals surface area contributed by atoms with Gasteiger partial charge in [-0.3, -0.25) is 4.79 Å². The van der Waals surface area contributed by atoms with E-state index < -0.39 is 23.0 Å². The van der Waals surface area contributed by atoms with Gasteiger partial charge in [-0.2, -0.15) is 0 Å². The van der Waals surface area contributed by atoms with Crippen LogP contribution in [0.2, 0.25) is 5.02 Å². The van der Waals surface area contributed by atoms with Gasteiger partial charge in [0.1, 0.15) is 0 Å². The van der Waals surface area contributed by atoms with Crippen LogP contribution in [-0.2, 0) is 10.3 Å². The molecule has 1 aliphatic rings. The summed E-state index contributed by atoms with van der Waals surface area (Å²) in [6.07, 6.45) is 0.835. The van der Waals surface area contributed by atoms with Gasteiger partial charge in [-0.25, -0.2) is 8.78 Å². The fourth-order valence-corrected chi connectivity index (χ4v) is 3.85. The summed E-state index contributed by atoms with van der Waals surface area (Å²) in [5.41, 5.74) is -0.215. The van der Waals surface area contributed by atoms with Gasteiger partial charge in [-0.1, -0.05) is 11.6 Å². The molecule has 0 saturated heterocycles. The topological polar surface area (TPSA) is 74.3 Å². The van der Waals surface area contributed by atoms with Crippen molar-refractivity contribution >= 4 is 28.4 Å². The Morgan fingerprint density at radius 3 is 2.61 bits per heavy atom. The number of hydrogen-bond acceptors (Lipinski definition) is 3. The van der Waals surface area contributed by atoms with Crippen molar-refractivity contribution in [1.82, 2.24) is 10.3 Å². The lowest BCUT2D eigenvalue weighted by atomic mass is 9.82. The molecule has 3 N–H and O–H groups in total. The molecule has 0 bridgehead atoms. The second-order valence-corrected chi connectivity index (χ2v) is 8.41. The molecule has 8 heteroatoms. The van der Waals surface area contributed by atoms with Gasteiger partial charge in [-0.15, -0.1) is 0 Å². The lowest BCUT2D eigenvalue weighted by Crippen LogP contribution is -2.47. The molecule has 1 aromatic heterocycles. The molecule has 0 aliphatic heterocycles. The van der Waals surface area contributed by atoms with E-state index in [0.717, 1.165) is 11.1 Å². The van der Waals surface area contributed by atoms with E-state index in [-0.39, 0.29) is 42.8 Å². The summed E-state index contributed by atoms with van der Waals surface area (Å²) in [5.74, 6) is -3.22. The van der Waals surface area contributed by atoms with Crippen LogP contribution in [0.3, 0.4) is 0 Å². The molecule has 5 nitrogen and oxygen atoms in total. The summed E-state index contributed by atoms with van der Waals surface area (Å²) in [4.78, 5) is 15.9. The van der Waals surface area contributed by atoms with Crippen LogP contribution in [0, 0.1) is 0 Å². The Kier molecular flexibility index (Phi) is 5.47. The first kappa shape index (κ1) is 21.0. The number of alkyl halides is 2. The van der Waals surface area contributed by atoms with Crippen LogP contribution in [0.25, 0.3) is 10.9 Å². The van der Waals surface area contributed by atoms with Crippen LogP contribution >= 0.6 is 11.6 Å². The third kappa shape index (κ3) is 4.02. The fraction of sp³-hybridized carbons (Fsp3) is 0.550. The monoisotopic (exact) mass is 414 g/mol. The summed E-state index contributed by atoms with van der Waals surface area (Å²) in [7, 11) is 1.58. The van der Waals surface area contributed by atoms with E-state index in [2.05, 4.69) is 10.3 Å². The zero-order chi connectivity index (χ0) is 20.7. The molecule has 0 unspecified atom stereocenters. The minimum Gasteiger partial charge on any atom is -0.388 e. The van der Waals surface area contributed by atoms with E-state index in [1.165, 1.54) is 0 Å². The average molecular weight is 415 g/mol. The quantitative estimate of drug-likeness (QED) is 0.680. The highest BCUT2D eigenvalue weighted by atomic mass is 35.5. The number of fused-ring (bicyclic) bond motifs is 1. The number of methoxy groups -OCH3 is 1. The number of benzene rings is 1. The smallest absolute Gasteiger partial charge is 0.252 e. The highest BCUT2D eigenvalue weighted by molar-refractivity contribution is 6.38. The van der Waals surface area contributed by atoms with E-state index in [4.69, 9.17) is 16.3 Å². The van der Waals surface area contributed by atoms with Gasteiger partial charge in [-0.05, 0) is 38.8 Å². The zero-order valence-corrected chi connectivity index (χ0v) is 16.9. The molecule has 2 aromatic rings. The molecule has 1 fully saturated rings. The molecule has 3 rings (SSSR count). The van der Waals surface area contributed by atoms with E-state index in [1.807, 2.05) is 13.8 Å². The number of nitrogens with one attached hydrogen (secondary N) is 2. The van der Waals surface area contributed by atoms with Crippen molar-refractivity contribution in [2.75, 3.05) is 13.7 Å². The van der Waals surface area contributed by atoms with Gasteiger partial charge >= 0.3 is 0 Å². The highest BCUT2D eigenvalue weighted by Crippen LogP contribution is 2.39. The molecule has 1 heterocycles. The largest absolute Gasteiger partial charge is 0.388 e. The highest BCUT2D eigenvalue weighted by Gasteiger charge is 2.42. The minimum absolute atomic E-state index is 0.0627. The van der Waals surface area contributed by atoms with Crippen LogP contribution in [0.5, 0.6) is 0 Å². The SMILES string of the molecule is COC(C)(C)c1cc(C(=O)NCC2(O)CCC(F)(F)CC2)c(Cl)c2cc[nH]c12. The number of carbonyl (C=O) groups is 1. The zero-order valence-electron chi connectivity index (χ0n) is 16.2. The van der Waals surface area contributed by atoms with Crippen molar-refractivity contribution < 1.29 is 23.4 Å². The molecule has 0 spiro atoms. The first-order chi connectivity index (χ1) is 13.0. The third-order valence-electron chi connectivity index (χ3n) is 5.67. The molecule has 1 amide bonds. The predicted octanol–water partition coefficient (Wildman–Crippen LogP) is 4.37. The van der Waals surface area contributed by atoms with Gasteiger partial charge in [0.05, 0.1) is 27.3 Å². The predicted molar refractivity (Wildman–Crippen MR) is 104 cm³/mol. The number of aliphatic hydroxyl groups is 1. The van der Waals surface area contributed by atoms with Crippen molar-refractivity contribution in [3.05, 3.63) is 34.5 Å². The Morgan fingerprint density at radius 2 is 2.00 bits per heavy atom. The first-order valence-electron chi connectivity index (χ1n) is 9.22. The molecule has 28 heavy (non-hydrogen) atoms. The number of halogens is 3. The van der Waals surface area contributed by atoms with Gasteiger partial charge in [0, 0.05) is 43.6 Å². The maximum absolute atomic E-state index is 13.3. The molecule has 0 radical (unpaired) electrons. The normalized spacial score (nSPS) is 19.0. The van der Waals surface area contributed by atoms with Crippen LogP contribution in [-0.4, -0.2) is 41.2 Å². The third-order valence-corrected chi connectivity index (χ3v) is 6.08. The number of amides is 1. The van der Waals surface area contributed by atoms with Crippen molar-refractivity contribution in [2.24, 2.45) is 0 Å². The van der Waals surface area contributed by atoms with Crippen molar-refractivity contribution in [3.63, 3.8) is 0 Å². The Balaban J connectivity index is 1.85.